The van der Waals surface area contributed by atoms with E-state index < -0.39 is 28.6 Å². The second-order valence-electron chi connectivity index (χ2n) is 5.36. The summed E-state index contributed by atoms with van der Waals surface area (Å²) in [6, 6.07) is 6.06. The number of carbonyl (C=O) groups is 2. The van der Waals surface area contributed by atoms with Gasteiger partial charge in [-0.25, -0.2) is 0 Å². The Bertz CT molecular complexity index is 842. The number of pyridine rings is 1. The number of nitrogens with zero attached hydrogens (tertiary/aromatic N) is 2. The van der Waals surface area contributed by atoms with Crippen LogP contribution in [0, 0.1) is 0 Å². The van der Waals surface area contributed by atoms with Crippen LogP contribution in [0.3, 0.4) is 0 Å². The van der Waals surface area contributed by atoms with Crippen molar-refractivity contribution in [2.75, 3.05) is 23.8 Å². The Morgan fingerprint density at radius 2 is 1.96 bits per heavy atom. The molecule has 6 nitrogen and oxygen atoms in total. The Balaban J connectivity index is 2.09. The van der Waals surface area contributed by atoms with Gasteiger partial charge >= 0.3 is 6.18 Å². The van der Waals surface area contributed by atoms with E-state index in [9.17, 15) is 22.8 Å². The van der Waals surface area contributed by atoms with Gasteiger partial charge in [-0.05, 0) is 30.3 Å². The molecule has 0 aliphatic rings. The minimum atomic E-state index is -4.63. The van der Waals surface area contributed by atoms with E-state index in [1.165, 1.54) is 23.2 Å². The number of alkyl halides is 3. The topological polar surface area (TPSA) is 88.3 Å². The third-order valence-corrected chi connectivity index (χ3v) is 3.70. The molecule has 1 aromatic carbocycles. The molecule has 0 atom stereocenters. The Hall–Kier alpha value is -2.81. The quantitative estimate of drug-likeness (QED) is 0.827. The van der Waals surface area contributed by atoms with E-state index in [0.717, 1.165) is 12.1 Å². The van der Waals surface area contributed by atoms with Crippen LogP contribution in [0.25, 0.3) is 0 Å². The van der Waals surface area contributed by atoms with Gasteiger partial charge in [0.2, 0.25) is 5.91 Å². The van der Waals surface area contributed by atoms with Crippen LogP contribution in [0.1, 0.15) is 16.1 Å². The predicted molar refractivity (Wildman–Crippen MR) is 91.1 cm³/mol. The maximum absolute atomic E-state index is 12.9. The number of hydrogen-bond donors (Lipinski definition) is 2. The zero-order valence-corrected chi connectivity index (χ0v) is 14.2. The summed E-state index contributed by atoms with van der Waals surface area (Å²) in [4.78, 5) is 28.5. The van der Waals surface area contributed by atoms with Crippen LogP contribution in [0.5, 0.6) is 0 Å². The molecule has 0 radical (unpaired) electrons. The maximum atomic E-state index is 12.9. The molecule has 0 aliphatic heterocycles. The summed E-state index contributed by atoms with van der Waals surface area (Å²) < 4.78 is 38.6. The number of nitrogens with one attached hydrogen (secondary N) is 1. The van der Waals surface area contributed by atoms with Crippen LogP contribution in [-0.2, 0) is 11.0 Å². The van der Waals surface area contributed by atoms with Gasteiger partial charge < -0.3 is 16.0 Å². The molecule has 2 aromatic rings. The first-order chi connectivity index (χ1) is 12.1. The van der Waals surface area contributed by atoms with E-state index in [4.69, 9.17) is 17.3 Å². The Morgan fingerprint density at radius 3 is 2.58 bits per heavy atom. The van der Waals surface area contributed by atoms with Crippen LogP contribution in [0.15, 0.2) is 36.5 Å². The number of nitrogens with two attached hydrogens (primary N) is 1. The summed E-state index contributed by atoms with van der Waals surface area (Å²) in [5.41, 5.74) is 4.60. The minimum Gasteiger partial charge on any atom is -0.365 e. The fourth-order valence-electron chi connectivity index (χ4n) is 2.12. The standard InChI is InChI=1S/C16H14ClF3N4O2/c1-24(10-4-5-22-13(7-10)15(21)26)8-14(25)23-9-2-3-12(17)11(6-9)16(18,19)20/h2-7H,8H2,1H3,(H2,21,26)(H,23,25). The SMILES string of the molecule is CN(CC(=O)Nc1ccc(Cl)c(C(F)(F)F)c1)c1ccnc(C(N)=O)c1. The van der Waals surface area contributed by atoms with Gasteiger partial charge in [0.1, 0.15) is 5.69 Å². The van der Waals surface area contributed by atoms with Crippen LogP contribution in [0.2, 0.25) is 5.02 Å². The molecule has 10 heteroatoms. The first-order valence-electron chi connectivity index (χ1n) is 7.21. The summed E-state index contributed by atoms with van der Waals surface area (Å²) in [5.74, 6) is -1.27. The Morgan fingerprint density at radius 1 is 1.27 bits per heavy atom. The summed E-state index contributed by atoms with van der Waals surface area (Å²) >= 11 is 5.54. The van der Waals surface area contributed by atoms with Gasteiger partial charge in [0.05, 0.1) is 17.1 Å². The van der Waals surface area contributed by atoms with Gasteiger partial charge in [-0.2, -0.15) is 13.2 Å². The highest BCUT2D eigenvalue weighted by Gasteiger charge is 2.33. The van der Waals surface area contributed by atoms with Crippen molar-refractivity contribution in [3.63, 3.8) is 0 Å². The molecule has 0 saturated heterocycles. The molecule has 0 unspecified atom stereocenters. The van der Waals surface area contributed by atoms with Gasteiger partial charge in [-0.3, -0.25) is 14.6 Å². The monoisotopic (exact) mass is 386 g/mol. The number of carbonyl (C=O) groups excluding carboxylic acids is 2. The lowest BCUT2D eigenvalue weighted by molar-refractivity contribution is -0.137. The number of hydrogen-bond acceptors (Lipinski definition) is 4. The zero-order valence-electron chi connectivity index (χ0n) is 13.5. The van der Waals surface area contributed by atoms with Crippen molar-refractivity contribution in [3.8, 4) is 0 Å². The van der Waals surface area contributed by atoms with Gasteiger partial charge in [-0.15, -0.1) is 0 Å². The average molecular weight is 387 g/mol. The van der Waals surface area contributed by atoms with Crippen molar-refractivity contribution in [1.82, 2.24) is 4.98 Å². The summed E-state index contributed by atoms with van der Waals surface area (Å²) in [5, 5.41) is 1.92. The molecule has 1 aromatic heterocycles. The first-order valence-corrected chi connectivity index (χ1v) is 7.59. The van der Waals surface area contributed by atoms with Gasteiger partial charge in [0, 0.05) is 24.6 Å². The van der Waals surface area contributed by atoms with E-state index in [1.807, 2.05) is 0 Å². The van der Waals surface area contributed by atoms with E-state index >= 15 is 0 Å². The number of aromatic nitrogens is 1. The molecule has 3 N–H and O–H groups in total. The second kappa shape index (κ2) is 7.61. The van der Waals surface area contributed by atoms with E-state index in [1.54, 1.807) is 13.1 Å². The van der Waals surface area contributed by atoms with Crippen molar-refractivity contribution in [1.29, 1.82) is 0 Å². The number of rotatable bonds is 5. The summed E-state index contributed by atoms with van der Waals surface area (Å²) in [6.07, 6.45) is -3.27. The number of likely N-dealkylation sites (N-methyl/N-ethyl adjacent to an activating group) is 1. The van der Waals surface area contributed by atoms with Crippen molar-refractivity contribution in [3.05, 3.63) is 52.8 Å². The molecule has 0 fully saturated rings. The van der Waals surface area contributed by atoms with E-state index in [2.05, 4.69) is 10.3 Å². The molecule has 2 rings (SSSR count). The predicted octanol–water partition coefficient (Wildman–Crippen LogP) is 2.93. The molecule has 0 saturated carbocycles. The maximum Gasteiger partial charge on any atom is 0.417 e. The van der Waals surface area contributed by atoms with Gasteiger partial charge in [0.25, 0.3) is 5.91 Å². The zero-order chi connectivity index (χ0) is 19.5. The molecule has 1 heterocycles. The molecule has 0 bridgehead atoms. The molecule has 2 amide bonds. The third kappa shape index (κ3) is 4.85. The van der Waals surface area contributed by atoms with Gasteiger partial charge in [-0.1, -0.05) is 11.6 Å². The molecule has 0 aliphatic carbocycles. The van der Waals surface area contributed by atoms with E-state index in [0.29, 0.717) is 5.69 Å². The molecular formula is C16H14ClF3N4O2. The highest BCUT2D eigenvalue weighted by molar-refractivity contribution is 6.31. The molecule has 26 heavy (non-hydrogen) atoms. The third-order valence-electron chi connectivity index (χ3n) is 3.37. The lowest BCUT2D eigenvalue weighted by atomic mass is 10.2. The molecule has 138 valence electrons. The Kier molecular flexibility index (Phi) is 5.71. The molecule has 0 spiro atoms. The average Bonchev–Trinajstić information content (AvgIpc) is 2.55. The lowest BCUT2D eigenvalue weighted by Crippen LogP contribution is -2.30. The van der Waals surface area contributed by atoms with Crippen molar-refractivity contribution in [2.24, 2.45) is 5.73 Å². The number of benzene rings is 1. The van der Waals surface area contributed by atoms with Crippen molar-refractivity contribution < 1.29 is 22.8 Å². The number of halogens is 4. The smallest absolute Gasteiger partial charge is 0.365 e. The largest absolute Gasteiger partial charge is 0.417 e. The number of primary amides is 1. The minimum absolute atomic E-state index is 0.0299. The van der Waals surface area contributed by atoms with E-state index in [-0.39, 0.29) is 17.9 Å². The lowest BCUT2D eigenvalue weighted by Gasteiger charge is -2.19. The number of anilines is 2. The van der Waals surface area contributed by atoms with Crippen LogP contribution >= 0.6 is 11.6 Å². The highest BCUT2D eigenvalue weighted by atomic mass is 35.5. The normalized spacial score (nSPS) is 11.1. The first kappa shape index (κ1) is 19.5. The van der Waals surface area contributed by atoms with Crippen molar-refractivity contribution in [2.45, 2.75) is 6.18 Å². The van der Waals surface area contributed by atoms with Crippen LogP contribution < -0.4 is 16.0 Å². The number of amides is 2. The fraction of sp³-hybridized carbons (Fsp3) is 0.188. The second-order valence-corrected chi connectivity index (χ2v) is 5.77. The van der Waals surface area contributed by atoms with Crippen LogP contribution in [0.4, 0.5) is 24.5 Å². The molecular weight excluding hydrogens is 373 g/mol. The summed E-state index contributed by atoms with van der Waals surface area (Å²) in [6.45, 7) is -0.174. The van der Waals surface area contributed by atoms with Gasteiger partial charge in [0.15, 0.2) is 0 Å². The highest BCUT2D eigenvalue weighted by Crippen LogP contribution is 2.36. The van der Waals surface area contributed by atoms with Crippen molar-refractivity contribution >= 4 is 34.8 Å². The fourth-order valence-corrected chi connectivity index (χ4v) is 2.34. The van der Waals surface area contributed by atoms with Crippen LogP contribution in [-0.4, -0.2) is 30.4 Å². The summed E-state index contributed by atoms with van der Waals surface area (Å²) in [7, 11) is 1.57. The Labute approximate surface area is 151 Å².